The zero-order valence-corrected chi connectivity index (χ0v) is 13.8. The van der Waals surface area contributed by atoms with Crippen LogP contribution in [0, 0.1) is 0 Å². The van der Waals surface area contributed by atoms with Crippen LogP contribution in [0.15, 0.2) is 12.3 Å². The predicted molar refractivity (Wildman–Crippen MR) is 79.3 cm³/mol. The van der Waals surface area contributed by atoms with Crippen LogP contribution in [0.1, 0.15) is 20.8 Å². The van der Waals surface area contributed by atoms with Crippen molar-refractivity contribution in [2.75, 3.05) is 19.1 Å². The van der Waals surface area contributed by atoms with Crippen LogP contribution < -0.4 is 0 Å². The van der Waals surface area contributed by atoms with Gasteiger partial charge in [-0.3, -0.25) is 9.00 Å². The van der Waals surface area contributed by atoms with E-state index < -0.39 is 26.3 Å². The fourth-order valence-electron chi connectivity index (χ4n) is 1.49. The molecule has 1 aromatic rings. The fraction of sp³-hybridized carbons (Fsp3) is 0.455. The molecule has 0 spiro atoms. The fourth-order valence-corrected chi connectivity index (χ4v) is 2.27. The molecule has 1 aromatic heterocycles. The Morgan fingerprint density at radius 2 is 2.00 bits per heavy atom. The summed E-state index contributed by atoms with van der Waals surface area (Å²) < 4.78 is 15.1. The van der Waals surface area contributed by atoms with Crippen LogP contribution in [0.4, 0.5) is 0 Å². The standard InChI is InChI=1S/C11H12Cl3NO4S/c1-19-10(17)8-5-7(9(16)11(12,13)14)6-15(8)3-4-20(2)18/h5-6H,3-4H2,1-2H3. The Morgan fingerprint density at radius 3 is 2.45 bits per heavy atom. The van der Waals surface area contributed by atoms with E-state index in [-0.39, 0.29) is 17.8 Å². The molecule has 0 amide bonds. The van der Waals surface area contributed by atoms with Gasteiger partial charge in [-0.1, -0.05) is 34.8 Å². The Balaban J connectivity index is 3.15. The SMILES string of the molecule is COC(=O)c1cc(C(=O)C(Cl)(Cl)Cl)cn1CCS(C)=O. The summed E-state index contributed by atoms with van der Waals surface area (Å²) in [4.78, 5) is 23.5. The highest BCUT2D eigenvalue weighted by atomic mass is 35.6. The second kappa shape index (κ2) is 6.93. The molecule has 0 saturated carbocycles. The molecule has 5 nitrogen and oxygen atoms in total. The number of aromatic nitrogens is 1. The Bertz CT molecular complexity index is 550. The molecule has 0 fully saturated rings. The van der Waals surface area contributed by atoms with Gasteiger partial charge >= 0.3 is 5.97 Å². The molecule has 20 heavy (non-hydrogen) atoms. The number of esters is 1. The summed E-state index contributed by atoms with van der Waals surface area (Å²) in [6.45, 7) is 0.278. The maximum absolute atomic E-state index is 11.9. The number of hydrogen-bond acceptors (Lipinski definition) is 4. The number of nitrogens with zero attached hydrogens (tertiary/aromatic N) is 1. The van der Waals surface area contributed by atoms with Gasteiger partial charge in [-0.15, -0.1) is 0 Å². The molecule has 0 aliphatic carbocycles. The van der Waals surface area contributed by atoms with Gasteiger partial charge in [0.25, 0.3) is 3.79 Å². The van der Waals surface area contributed by atoms with Crippen molar-refractivity contribution in [3.63, 3.8) is 0 Å². The van der Waals surface area contributed by atoms with Crippen molar-refractivity contribution >= 4 is 57.4 Å². The second-order valence-electron chi connectivity index (χ2n) is 3.90. The third kappa shape index (κ3) is 4.48. The lowest BCUT2D eigenvalue weighted by atomic mass is 10.2. The number of methoxy groups -OCH3 is 1. The van der Waals surface area contributed by atoms with Crippen molar-refractivity contribution in [1.29, 1.82) is 0 Å². The van der Waals surface area contributed by atoms with Gasteiger partial charge < -0.3 is 9.30 Å². The summed E-state index contributed by atoms with van der Waals surface area (Å²) in [5, 5.41) is 0. The maximum Gasteiger partial charge on any atom is 0.354 e. The van der Waals surface area contributed by atoms with E-state index in [1.165, 1.54) is 30.2 Å². The van der Waals surface area contributed by atoms with Crippen LogP contribution >= 0.6 is 34.8 Å². The van der Waals surface area contributed by atoms with E-state index >= 15 is 0 Å². The number of aryl methyl sites for hydroxylation is 1. The topological polar surface area (TPSA) is 65.4 Å². The van der Waals surface area contributed by atoms with Gasteiger partial charge in [0.05, 0.1) is 7.11 Å². The van der Waals surface area contributed by atoms with Gasteiger partial charge in [-0.25, -0.2) is 4.79 Å². The summed E-state index contributed by atoms with van der Waals surface area (Å²) in [6.07, 6.45) is 2.91. The lowest BCUT2D eigenvalue weighted by Crippen LogP contribution is -2.18. The number of ether oxygens (including phenoxy) is 1. The van der Waals surface area contributed by atoms with E-state index in [0.29, 0.717) is 5.75 Å². The van der Waals surface area contributed by atoms with E-state index in [1.807, 2.05) is 0 Å². The molecule has 0 bridgehead atoms. The molecule has 1 heterocycles. The number of carbonyl (C=O) groups excluding carboxylic acids is 2. The summed E-state index contributed by atoms with van der Waals surface area (Å²) in [7, 11) is 0.172. The van der Waals surface area contributed by atoms with E-state index in [4.69, 9.17) is 34.8 Å². The van der Waals surface area contributed by atoms with Crippen LogP contribution in [-0.4, -0.2) is 43.4 Å². The van der Waals surface area contributed by atoms with E-state index in [0.717, 1.165) is 0 Å². The number of Topliss-reactive ketones (excluding diaryl/α,β-unsaturated/α-hetero) is 1. The van der Waals surface area contributed by atoms with Gasteiger partial charge in [-0.05, 0) is 6.07 Å². The lowest BCUT2D eigenvalue weighted by Gasteiger charge is -2.07. The third-order valence-corrected chi connectivity index (χ3v) is 3.70. The van der Waals surface area contributed by atoms with Crippen molar-refractivity contribution < 1.29 is 18.5 Å². The highest BCUT2D eigenvalue weighted by Crippen LogP contribution is 2.31. The summed E-state index contributed by atoms with van der Waals surface area (Å²) in [5.41, 5.74) is 0.211. The maximum atomic E-state index is 11.9. The molecule has 0 aliphatic heterocycles. The van der Waals surface area contributed by atoms with E-state index in [9.17, 15) is 13.8 Å². The summed E-state index contributed by atoms with van der Waals surface area (Å²) in [5.74, 6) is -1.06. The smallest absolute Gasteiger partial charge is 0.354 e. The highest BCUT2D eigenvalue weighted by molar-refractivity contribution is 7.84. The molecular weight excluding hydrogens is 349 g/mol. The average Bonchev–Trinajstić information content (AvgIpc) is 2.77. The Labute approximate surface area is 133 Å². The first-order valence-electron chi connectivity index (χ1n) is 5.37. The van der Waals surface area contributed by atoms with Crippen molar-refractivity contribution in [3.05, 3.63) is 23.5 Å². The zero-order chi connectivity index (χ0) is 15.5. The minimum absolute atomic E-state index is 0.0762. The van der Waals surface area contributed by atoms with Crippen LogP contribution in [0.5, 0.6) is 0 Å². The van der Waals surface area contributed by atoms with Gasteiger partial charge in [0.15, 0.2) is 0 Å². The van der Waals surface area contributed by atoms with Gasteiger partial charge in [0, 0.05) is 41.1 Å². The van der Waals surface area contributed by atoms with Crippen LogP contribution in [0.2, 0.25) is 0 Å². The largest absolute Gasteiger partial charge is 0.464 e. The van der Waals surface area contributed by atoms with E-state index in [2.05, 4.69) is 4.74 Å². The lowest BCUT2D eigenvalue weighted by molar-refractivity contribution is 0.0588. The van der Waals surface area contributed by atoms with Crippen LogP contribution in [0.25, 0.3) is 0 Å². The molecular formula is C11H12Cl3NO4S. The van der Waals surface area contributed by atoms with Crippen molar-refractivity contribution in [1.82, 2.24) is 4.57 Å². The first-order valence-corrected chi connectivity index (χ1v) is 8.23. The second-order valence-corrected chi connectivity index (χ2v) is 7.74. The molecule has 0 aromatic carbocycles. The minimum atomic E-state index is -2.10. The van der Waals surface area contributed by atoms with Crippen molar-refractivity contribution in [2.45, 2.75) is 10.3 Å². The first-order chi connectivity index (χ1) is 9.16. The van der Waals surface area contributed by atoms with Crippen LogP contribution in [0.3, 0.4) is 0 Å². The Morgan fingerprint density at radius 1 is 1.40 bits per heavy atom. The molecule has 9 heteroatoms. The van der Waals surface area contributed by atoms with Crippen LogP contribution in [-0.2, 0) is 22.1 Å². The predicted octanol–water partition coefficient (Wildman–Crippen LogP) is 2.21. The quantitative estimate of drug-likeness (QED) is 0.459. The molecule has 0 saturated heterocycles. The van der Waals surface area contributed by atoms with Gasteiger partial charge in [0.1, 0.15) is 5.69 Å². The molecule has 0 aliphatic rings. The molecule has 0 N–H and O–H groups in total. The van der Waals surface area contributed by atoms with Crippen molar-refractivity contribution in [3.8, 4) is 0 Å². The summed E-state index contributed by atoms with van der Waals surface area (Å²) >= 11 is 16.6. The number of ketones is 1. The third-order valence-electron chi connectivity index (χ3n) is 2.43. The number of halogens is 3. The Hall–Kier alpha value is -0.560. The number of hydrogen-bond donors (Lipinski definition) is 0. The Kier molecular flexibility index (Phi) is 6.06. The first kappa shape index (κ1) is 17.5. The molecule has 0 radical (unpaired) electrons. The highest BCUT2D eigenvalue weighted by Gasteiger charge is 2.33. The van der Waals surface area contributed by atoms with Crippen molar-refractivity contribution in [2.24, 2.45) is 0 Å². The molecule has 112 valence electrons. The number of rotatable bonds is 5. The molecule has 1 rings (SSSR count). The minimum Gasteiger partial charge on any atom is -0.464 e. The van der Waals surface area contributed by atoms with Gasteiger partial charge in [-0.2, -0.15) is 0 Å². The summed E-state index contributed by atoms with van der Waals surface area (Å²) in [6, 6.07) is 1.29. The number of carbonyl (C=O) groups is 2. The average molecular weight is 361 g/mol. The van der Waals surface area contributed by atoms with E-state index in [1.54, 1.807) is 0 Å². The van der Waals surface area contributed by atoms with Gasteiger partial charge in [0.2, 0.25) is 5.78 Å². The zero-order valence-electron chi connectivity index (χ0n) is 10.7. The number of alkyl halides is 3. The normalized spacial score (nSPS) is 13.1. The monoisotopic (exact) mass is 359 g/mol. The molecule has 1 unspecified atom stereocenters. The molecule has 1 atom stereocenters.